The summed E-state index contributed by atoms with van der Waals surface area (Å²) in [5, 5.41) is 0.378. The van der Waals surface area contributed by atoms with Gasteiger partial charge < -0.3 is 0 Å². The molecule has 2 aromatic carbocycles. The van der Waals surface area contributed by atoms with Gasteiger partial charge in [0, 0.05) is 0 Å². The summed E-state index contributed by atoms with van der Waals surface area (Å²) < 4.78 is 27.2. The molecule has 2 rings (SSSR count). The monoisotopic (exact) mass is 295 g/mol. The number of hydrogen-bond donors (Lipinski definition) is 1. The topological polar surface area (TPSA) is 46.2 Å². The molecule has 0 amide bonds. The molecule has 0 saturated carbocycles. The summed E-state index contributed by atoms with van der Waals surface area (Å²) in [5.41, 5.74) is 2.02. The van der Waals surface area contributed by atoms with E-state index in [4.69, 9.17) is 11.6 Å². The van der Waals surface area contributed by atoms with E-state index in [0.29, 0.717) is 16.3 Å². The van der Waals surface area contributed by atoms with Gasteiger partial charge in [-0.1, -0.05) is 35.9 Å². The van der Waals surface area contributed by atoms with Gasteiger partial charge in [0.15, 0.2) is 0 Å². The average Bonchev–Trinajstić information content (AvgIpc) is 2.34. The van der Waals surface area contributed by atoms with Gasteiger partial charge in [-0.05, 0) is 43.2 Å². The van der Waals surface area contributed by atoms with Gasteiger partial charge >= 0.3 is 0 Å². The molecule has 0 heterocycles. The van der Waals surface area contributed by atoms with Crippen LogP contribution in [0.3, 0.4) is 0 Å². The number of benzene rings is 2. The van der Waals surface area contributed by atoms with Crippen LogP contribution in [0.25, 0.3) is 0 Å². The van der Waals surface area contributed by atoms with E-state index in [2.05, 4.69) is 4.72 Å². The van der Waals surface area contributed by atoms with Crippen LogP contribution in [0, 0.1) is 13.8 Å². The molecule has 0 bridgehead atoms. The quantitative estimate of drug-likeness (QED) is 0.937. The summed E-state index contributed by atoms with van der Waals surface area (Å²) in [6.07, 6.45) is 0. The van der Waals surface area contributed by atoms with E-state index in [1.807, 2.05) is 13.0 Å². The van der Waals surface area contributed by atoms with Crippen molar-refractivity contribution >= 4 is 27.3 Å². The first-order valence-electron chi connectivity index (χ1n) is 5.75. The second-order valence-electron chi connectivity index (χ2n) is 4.35. The molecule has 5 heteroatoms. The van der Waals surface area contributed by atoms with Crippen LogP contribution in [-0.2, 0) is 10.0 Å². The molecule has 0 saturated heterocycles. The summed E-state index contributed by atoms with van der Waals surface area (Å²) in [4.78, 5) is 0.257. The van der Waals surface area contributed by atoms with Crippen molar-refractivity contribution in [3.8, 4) is 0 Å². The molecule has 100 valence electrons. The van der Waals surface area contributed by atoms with Crippen molar-refractivity contribution in [2.75, 3.05) is 4.72 Å². The van der Waals surface area contributed by atoms with E-state index in [9.17, 15) is 8.42 Å². The first-order valence-corrected chi connectivity index (χ1v) is 7.61. The maximum Gasteiger partial charge on any atom is 0.262 e. The summed E-state index contributed by atoms with van der Waals surface area (Å²) in [7, 11) is -3.62. The van der Waals surface area contributed by atoms with Crippen molar-refractivity contribution in [2.24, 2.45) is 0 Å². The van der Waals surface area contributed by atoms with Crippen LogP contribution < -0.4 is 4.72 Å². The number of hydrogen-bond acceptors (Lipinski definition) is 2. The molecule has 0 aliphatic heterocycles. The first kappa shape index (κ1) is 13.9. The standard InChI is InChI=1S/C14H14ClNO2S/c1-10-7-8-12(15)13(9-10)16-19(17,18)14-6-4-3-5-11(14)2/h3-9,16H,1-2H3. The SMILES string of the molecule is Cc1ccc(Cl)c(NS(=O)(=O)c2ccccc2C)c1. The molecular formula is C14H14ClNO2S. The molecule has 0 aromatic heterocycles. The van der Waals surface area contributed by atoms with Crippen LogP contribution in [0.15, 0.2) is 47.4 Å². The lowest BCUT2D eigenvalue weighted by Gasteiger charge is -2.12. The van der Waals surface area contributed by atoms with Crippen LogP contribution in [0.4, 0.5) is 5.69 Å². The minimum absolute atomic E-state index is 0.257. The van der Waals surface area contributed by atoms with Gasteiger partial charge in [0.05, 0.1) is 15.6 Å². The Labute approximate surface area is 118 Å². The molecule has 19 heavy (non-hydrogen) atoms. The molecule has 0 aliphatic rings. The maximum absolute atomic E-state index is 12.3. The predicted molar refractivity (Wildman–Crippen MR) is 78.2 cm³/mol. The fourth-order valence-electron chi connectivity index (χ4n) is 1.78. The van der Waals surface area contributed by atoms with Crippen molar-refractivity contribution in [3.63, 3.8) is 0 Å². The zero-order valence-corrected chi connectivity index (χ0v) is 12.2. The van der Waals surface area contributed by atoms with Gasteiger partial charge in [0.1, 0.15) is 0 Å². The Morgan fingerprint density at radius 2 is 1.74 bits per heavy atom. The van der Waals surface area contributed by atoms with Crippen molar-refractivity contribution in [3.05, 3.63) is 58.6 Å². The molecule has 0 aliphatic carbocycles. The first-order chi connectivity index (χ1) is 8.90. The highest BCUT2D eigenvalue weighted by molar-refractivity contribution is 7.92. The fourth-order valence-corrected chi connectivity index (χ4v) is 3.31. The Morgan fingerprint density at radius 1 is 1.05 bits per heavy atom. The third-order valence-corrected chi connectivity index (χ3v) is 4.60. The predicted octanol–water partition coefficient (Wildman–Crippen LogP) is 3.76. The third kappa shape index (κ3) is 3.08. The zero-order chi connectivity index (χ0) is 14.0. The third-order valence-electron chi connectivity index (χ3n) is 2.75. The number of aryl methyl sites for hydroxylation is 2. The summed E-state index contributed by atoms with van der Waals surface area (Å²) >= 11 is 6.00. The van der Waals surface area contributed by atoms with Crippen LogP contribution >= 0.6 is 11.6 Å². The Morgan fingerprint density at radius 3 is 2.42 bits per heavy atom. The second-order valence-corrected chi connectivity index (χ2v) is 6.41. The van der Waals surface area contributed by atoms with Crippen LogP contribution in [0.5, 0.6) is 0 Å². The van der Waals surface area contributed by atoms with Crippen molar-refractivity contribution < 1.29 is 8.42 Å². The Bertz CT molecular complexity index is 711. The van der Waals surface area contributed by atoms with Crippen molar-refractivity contribution in [1.29, 1.82) is 0 Å². The summed E-state index contributed by atoms with van der Waals surface area (Å²) in [5.74, 6) is 0. The van der Waals surface area contributed by atoms with Gasteiger partial charge in [-0.15, -0.1) is 0 Å². The summed E-state index contributed by atoms with van der Waals surface area (Å²) in [6.45, 7) is 3.63. The van der Waals surface area contributed by atoms with Crippen LogP contribution in [0.1, 0.15) is 11.1 Å². The number of nitrogens with one attached hydrogen (secondary N) is 1. The van der Waals surface area contributed by atoms with Crippen molar-refractivity contribution in [2.45, 2.75) is 18.7 Å². The Kier molecular flexibility index (Phi) is 3.83. The number of halogens is 1. The van der Waals surface area contributed by atoms with E-state index >= 15 is 0 Å². The molecule has 0 spiro atoms. The van der Waals surface area contributed by atoms with Crippen LogP contribution in [-0.4, -0.2) is 8.42 Å². The molecule has 0 unspecified atom stereocenters. The highest BCUT2D eigenvalue weighted by Crippen LogP contribution is 2.26. The molecule has 2 aromatic rings. The highest BCUT2D eigenvalue weighted by atomic mass is 35.5. The number of rotatable bonds is 3. The van der Waals surface area contributed by atoms with Gasteiger partial charge in [-0.3, -0.25) is 4.72 Å². The van der Waals surface area contributed by atoms with E-state index < -0.39 is 10.0 Å². The summed E-state index contributed by atoms with van der Waals surface area (Å²) in [6, 6.07) is 12.0. The van der Waals surface area contributed by atoms with Gasteiger partial charge in [-0.25, -0.2) is 8.42 Å². The number of sulfonamides is 1. The minimum atomic E-state index is -3.62. The largest absolute Gasteiger partial charge is 0.278 e. The highest BCUT2D eigenvalue weighted by Gasteiger charge is 2.17. The van der Waals surface area contributed by atoms with E-state index in [1.165, 1.54) is 0 Å². The molecule has 0 fully saturated rings. The lowest BCUT2D eigenvalue weighted by Crippen LogP contribution is -2.14. The van der Waals surface area contributed by atoms with Gasteiger partial charge in [0.2, 0.25) is 0 Å². The van der Waals surface area contributed by atoms with Crippen molar-refractivity contribution in [1.82, 2.24) is 0 Å². The van der Waals surface area contributed by atoms with Gasteiger partial charge in [-0.2, -0.15) is 0 Å². The molecular weight excluding hydrogens is 282 g/mol. The molecule has 1 N–H and O–H groups in total. The fraction of sp³-hybridized carbons (Fsp3) is 0.143. The lowest BCUT2D eigenvalue weighted by atomic mass is 10.2. The molecule has 3 nitrogen and oxygen atoms in total. The van der Waals surface area contributed by atoms with E-state index in [0.717, 1.165) is 5.56 Å². The van der Waals surface area contributed by atoms with Crippen LogP contribution in [0.2, 0.25) is 5.02 Å². The normalized spacial score (nSPS) is 11.3. The lowest BCUT2D eigenvalue weighted by molar-refractivity contribution is 0.600. The number of anilines is 1. The molecule has 0 radical (unpaired) electrons. The zero-order valence-electron chi connectivity index (χ0n) is 10.6. The molecule has 0 atom stereocenters. The van der Waals surface area contributed by atoms with Gasteiger partial charge in [0.25, 0.3) is 10.0 Å². The average molecular weight is 296 g/mol. The van der Waals surface area contributed by atoms with E-state index in [-0.39, 0.29) is 4.90 Å². The smallest absolute Gasteiger partial charge is 0.262 e. The maximum atomic E-state index is 12.3. The second kappa shape index (κ2) is 5.23. The Balaban J connectivity index is 2.43. The minimum Gasteiger partial charge on any atom is -0.278 e. The van der Waals surface area contributed by atoms with E-state index in [1.54, 1.807) is 43.3 Å². The Hall–Kier alpha value is -1.52.